The molecule has 0 bridgehead atoms. The molecular weight excluding hydrogens is 450 g/mol. The Labute approximate surface area is 181 Å². The predicted octanol–water partition coefficient (Wildman–Crippen LogP) is 4.53. The van der Waals surface area contributed by atoms with Gasteiger partial charge in [-0.1, -0.05) is 23.7 Å². The zero-order valence-electron chi connectivity index (χ0n) is 15.9. The van der Waals surface area contributed by atoms with Gasteiger partial charge in [-0.05, 0) is 48.5 Å². The molecule has 160 valence electrons. The molecule has 2 N–H and O–H groups in total. The molecule has 0 heterocycles. The van der Waals surface area contributed by atoms with Crippen molar-refractivity contribution in [3.05, 3.63) is 88.4 Å². The minimum Gasteiger partial charge on any atom is -0.322 e. The maximum atomic E-state index is 13.8. The second kappa shape index (κ2) is 8.83. The third-order valence-corrected chi connectivity index (χ3v) is 5.62. The van der Waals surface area contributed by atoms with Gasteiger partial charge in [0, 0.05) is 17.5 Å². The van der Waals surface area contributed by atoms with Crippen molar-refractivity contribution in [1.29, 1.82) is 0 Å². The molecule has 3 aromatic carbocycles. The lowest BCUT2D eigenvalue weighted by molar-refractivity contribution is 0.101. The summed E-state index contributed by atoms with van der Waals surface area (Å²) < 4.78 is 50.4. The quantitative estimate of drug-likeness (QED) is 0.580. The fourth-order valence-electron chi connectivity index (χ4n) is 2.63. The molecule has 0 spiro atoms. The maximum Gasteiger partial charge on any atom is 0.258 e. The zero-order chi connectivity index (χ0) is 22.8. The Morgan fingerprint density at radius 2 is 1.61 bits per heavy atom. The molecule has 0 atom stereocenters. The van der Waals surface area contributed by atoms with Gasteiger partial charge >= 0.3 is 0 Å². The van der Waals surface area contributed by atoms with Gasteiger partial charge in [0.05, 0.1) is 21.2 Å². The van der Waals surface area contributed by atoms with Crippen LogP contribution in [0.3, 0.4) is 0 Å². The Morgan fingerprint density at radius 3 is 2.29 bits per heavy atom. The molecule has 0 saturated carbocycles. The summed E-state index contributed by atoms with van der Waals surface area (Å²) in [6, 6.07) is 12.9. The summed E-state index contributed by atoms with van der Waals surface area (Å²) in [5, 5.41) is 5.00. The normalized spacial score (nSPS) is 11.1. The number of amides is 2. The van der Waals surface area contributed by atoms with Gasteiger partial charge in [-0.2, -0.15) is 0 Å². The van der Waals surface area contributed by atoms with E-state index in [4.69, 9.17) is 11.6 Å². The summed E-state index contributed by atoms with van der Waals surface area (Å²) in [7, 11) is -3.48. The highest BCUT2D eigenvalue weighted by Crippen LogP contribution is 2.27. The van der Waals surface area contributed by atoms with E-state index in [1.165, 1.54) is 48.5 Å². The number of halogens is 3. The standard InChI is InChI=1S/C21H15ClF2N2O4S/c1-31(29,30)14-5-2-4-12(10-14)20(27)26-18-9-8-13(11-16(18)22)25-21(28)15-6-3-7-17(23)19(15)24/h2-11H,1H3,(H,25,28)(H,26,27). The smallest absolute Gasteiger partial charge is 0.258 e. The minimum atomic E-state index is -3.48. The molecule has 0 fully saturated rings. The van der Waals surface area contributed by atoms with Crippen LogP contribution in [-0.4, -0.2) is 26.5 Å². The SMILES string of the molecule is CS(=O)(=O)c1cccc(C(=O)Nc2ccc(NC(=O)c3cccc(F)c3F)cc2Cl)c1. The van der Waals surface area contributed by atoms with Crippen molar-refractivity contribution in [3.63, 3.8) is 0 Å². The topological polar surface area (TPSA) is 92.3 Å². The second-order valence-electron chi connectivity index (χ2n) is 6.50. The van der Waals surface area contributed by atoms with E-state index in [-0.39, 0.29) is 26.9 Å². The summed E-state index contributed by atoms with van der Waals surface area (Å²) in [5.74, 6) is -3.89. The average molecular weight is 465 g/mol. The number of sulfone groups is 1. The first-order valence-electron chi connectivity index (χ1n) is 8.72. The van der Waals surface area contributed by atoms with Crippen molar-refractivity contribution in [2.45, 2.75) is 4.90 Å². The molecule has 0 aromatic heterocycles. The van der Waals surface area contributed by atoms with E-state index in [0.29, 0.717) is 0 Å². The number of hydrogen-bond donors (Lipinski definition) is 2. The van der Waals surface area contributed by atoms with Crippen LogP contribution in [0.1, 0.15) is 20.7 Å². The van der Waals surface area contributed by atoms with Crippen molar-refractivity contribution < 1.29 is 26.8 Å². The second-order valence-corrected chi connectivity index (χ2v) is 8.93. The van der Waals surface area contributed by atoms with Gasteiger partial charge < -0.3 is 10.6 Å². The Kier molecular flexibility index (Phi) is 6.37. The molecule has 0 unspecified atom stereocenters. The third kappa shape index (κ3) is 5.25. The van der Waals surface area contributed by atoms with Crippen LogP contribution < -0.4 is 10.6 Å². The summed E-state index contributed by atoms with van der Waals surface area (Å²) in [6.07, 6.45) is 1.03. The van der Waals surface area contributed by atoms with Crippen molar-refractivity contribution >= 4 is 44.6 Å². The minimum absolute atomic E-state index is 0.00566. The van der Waals surface area contributed by atoms with Crippen LogP contribution >= 0.6 is 11.6 Å². The van der Waals surface area contributed by atoms with Gasteiger partial charge in [0.1, 0.15) is 0 Å². The van der Waals surface area contributed by atoms with Gasteiger partial charge in [0.15, 0.2) is 21.5 Å². The van der Waals surface area contributed by atoms with E-state index in [9.17, 15) is 26.8 Å². The fourth-order valence-corrected chi connectivity index (χ4v) is 3.53. The number of hydrogen-bond acceptors (Lipinski definition) is 4. The molecule has 0 saturated heterocycles. The fraction of sp³-hybridized carbons (Fsp3) is 0.0476. The highest BCUT2D eigenvalue weighted by atomic mass is 35.5. The van der Waals surface area contributed by atoms with Gasteiger partial charge in [-0.15, -0.1) is 0 Å². The van der Waals surface area contributed by atoms with Crippen LogP contribution in [0.25, 0.3) is 0 Å². The van der Waals surface area contributed by atoms with E-state index in [2.05, 4.69) is 10.6 Å². The number of carbonyl (C=O) groups is 2. The number of benzene rings is 3. The van der Waals surface area contributed by atoms with Crippen LogP contribution in [0.2, 0.25) is 5.02 Å². The molecule has 3 rings (SSSR count). The first kappa shape index (κ1) is 22.4. The molecule has 0 aliphatic heterocycles. The highest BCUT2D eigenvalue weighted by molar-refractivity contribution is 7.90. The summed E-state index contributed by atoms with van der Waals surface area (Å²) in [4.78, 5) is 24.6. The van der Waals surface area contributed by atoms with E-state index >= 15 is 0 Å². The van der Waals surface area contributed by atoms with Crippen LogP contribution in [0, 0.1) is 11.6 Å². The van der Waals surface area contributed by atoms with Crippen molar-refractivity contribution in [3.8, 4) is 0 Å². The van der Waals surface area contributed by atoms with E-state index in [1.54, 1.807) is 0 Å². The average Bonchev–Trinajstić information content (AvgIpc) is 2.71. The molecule has 2 amide bonds. The molecule has 3 aromatic rings. The predicted molar refractivity (Wildman–Crippen MR) is 113 cm³/mol. The Hall–Kier alpha value is -3.30. The van der Waals surface area contributed by atoms with Crippen molar-refractivity contribution in [1.82, 2.24) is 0 Å². The number of rotatable bonds is 5. The Balaban J connectivity index is 1.76. The zero-order valence-corrected chi connectivity index (χ0v) is 17.5. The summed E-state index contributed by atoms with van der Waals surface area (Å²) >= 11 is 6.15. The van der Waals surface area contributed by atoms with E-state index in [0.717, 1.165) is 18.4 Å². The maximum absolute atomic E-state index is 13.8. The van der Waals surface area contributed by atoms with Crippen LogP contribution in [0.4, 0.5) is 20.2 Å². The lowest BCUT2D eigenvalue weighted by Crippen LogP contribution is -2.15. The molecule has 0 aliphatic rings. The molecule has 6 nitrogen and oxygen atoms in total. The number of nitrogens with one attached hydrogen (secondary N) is 2. The first-order valence-corrected chi connectivity index (χ1v) is 11.0. The molecule has 31 heavy (non-hydrogen) atoms. The van der Waals surface area contributed by atoms with Crippen LogP contribution in [0.15, 0.2) is 65.6 Å². The summed E-state index contributed by atoms with van der Waals surface area (Å²) in [5.41, 5.74) is 0.0271. The highest BCUT2D eigenvalue weighted by Gasteiger charge is 2.16. The van der Waals surface area contributed by atoms with Crippen LogP contribution in [-0.2, 0) is 9.84 Å². The lowest BCUT2D eigenvalue weighted by atomic mass is 10.1. The molecule has 0 radical (unpaired) electrons. The van der Waals surface area contributed by atoms with Gasteiger partial charge in [-0.3, -0.25) is 9.59 Å². The van der Waals surface area contributed by atoms with Crippen molar-refractivity contribution in [2.24, 2.45) is 0 Å². The van der Waals surface area contributed by atoms with E-state index < -0.39 is 38.8 Å². The van der Waals surface area contributed by atoms with Gasteiger partial charge in [0.2, 0.25) is 0 Å². The number of anilines is 2. The Bertz CT molecular complexity index is 1300. The molecule has 0 aliphatic carbocycles. The van der Waals surface area contributed by atoms with Crippen molar-refractivity contribution in [2.75, 3.05) is 16.9 Å². The lowest BCUT2D eigenvalue weighted by Gasteiger charge is -2.11. The first-order chi connectivity index (χ1) is 14.6. The monoisotopic (exact) mass is 464 g/mol. The van der Waals surface area contributed by atoms with Crippen LogP contribution in [0.5, 0.6) is 0 Å². The number of carbonyl (C=O) groups excluding carboxylic acids is 2. The third-order valence-electron chi connectivity index (χ3n) is 4.20. The largest absolute Gasteiger partial charge is 0.322 e. The Morgan fingerprint density at radius 1 is 0.903 bits per heavy atom. The molecule has 10 heteroatoms. The molecular formula is C21H15ClF2N2O4S. The summed E-state index contributed by atoms with van der Waals surface area (Å²) in [6.45, 7) is 0. The van der Waals surface area contributed by atoms with Gasteiger partial charge in [-0.25, -0.2) is 17.2 Å². The van der Waals surface area contributed by atoms with E-state index in [1.807, 2.05) is 0 Å². The van der Waals surface area contributed by atoms with Gasteiger partial charge in [0.25, 0.3) is 11.8 Å².